The molecule has 1 unspecified atom stereocenters. The van der Waals surface area contributed by atoms with Gasteiger partial charge in [0, 0.05) is 11.1 Å². The Morgan fingerprint density at radius 3 is 2.35 bits per heavy atom. The van der Waals surface area contributed by atoms with Crippen LogP contribution in [-0.4, -0.2) is 23.5 Å². The number of benzene rings is 1. The molecule has 0 saturated carbocycles. The Balaban J connectivity index is 2.39. The summed E-state index contributed by atoms with van der Waals surface area (Å²) in [6.45, 7) is 6.15. The van der Waals surface area contributed by atoms with E-state index < -0.39 is 17.7 Å². The Morgan fingerprint density at radius 2 is 1.80 bits per heavy atom. The number of nitrogens with two attached hydrogens (primary N) is 1. The molecule has 4 heteroatoms. The van der Waals surface area contributed by atoms with Gasteiger partial charge in [0.25, 0.3) is 0 Å². The van der Waals surface area contributed by atoms with Crippen LogP contribution in [-0.2, 0) is 0 Å². The van der Waals surface area contributed by atoms with Gasteiger partial charge in [-0.2, -0.15) is 0 Å². The predicted molar refractivity (Wildman–Crippen MR) is 77.4 cm³/mol. The highest BCUT2D eigenvalue weighted by Crippen LogP contribution is 2.38. The van der Waals surface area contributed by atoms with Crippen LogP contribution in [0.5, 0.6) is 0 Å². The van der Waals surface area contributed by atoms with Crippen LogP contribution in [0.15, 0.2) is 18.2 Å². The average molecular weight is 282 g/mol. The highest BCUT2D eigenvalue weighted by atomic mass is 19.1. The summed E-state index contributed by atoms with van der Waals surface area (Å²) in [5.74, 6) is -0.844. The lowest BCUT2D eigenvalue weighted by molar-refractivity contribution is 0.0753. The molecule has 112 valence electrons. The van der Waals surface area contributed by atoms with Crippen LogP contribution in [0.2, 0.25) is 0 Å². The number of likely N-dealkylation sites (tertiary alicyclic amines) is 1. The van der Waals surface area contributed by atoms with Gasteiger partial charge >= 0.3 is 0 Å². The molecule has 1 aromatic carbocycles. The van der Waals surface area contributed by atoms with Gasteiger partial charge in [-0.1, -0.05) is 13.8 Å². The molecule has 1 aliphatic rings. The van der Waals surface area contributed by atoms with E-state index in [9.17, 15) is 8.78 Å². The Morgan fingerprint density at radius 1 is 1.20 bits per heavy atom. The van der Waals surface area contributed by atoms with Crippen LogP contribution in [0.25, 0.3) is 0 Å². The third-order valence-corrected chi connectivity index (χ3v) is 4.83. The topological polar surface area (TPSA) is 29.3 Å². The van der Waals surface area contributed by atoms with E-state index in [2.05, 4.69) is 18.7 Å². The van der Waals surface area contributed by atoms with Gasteiger partial charge in [-0.05, 0) is 57.0 Å². The van der Waals surface area contributed by atoms with Crippen molar-refractivity contribution in [3.8, 4) is 0 Å². The maximum absolute atomic E-state index is 14.0. The first-order chi connectivity index (χ1) is 9.55. The maximum atomic E-state index is 14.0. The molecule has 0 radical (unpaired) electrons. The van der Waals surface area contributed by atoms with E-state index in [4.69, 9.17) is 5.73 Å². The van der Waals surface area contributed by atoms with E-state index >= 15 is 0 Å². The summed E-state index contributed by atoms with van der Waals surface area (Å²) in [7, 11) is 0. The first kappa shape index (κ1) is 15.4. The van der Waals surface area contributed by atoms with Crippen LogP contribution in [0.4, 0.5) is 8.78 Å². The van der Waals surface area contributed by atoms with Crippen LogP contribution < -0.4 is 5.73 Å². The van der Waals surface area contributed by atoms with Gasteiger partial charge in [0.2, 0.25) is 0 Å². The van der Waals surface area contributed by atoms with Gasteiger partial charge in [-0.15, -0.1) is 0 Å². The van der Waals surface area contributed by atoms with E-state index in [1.807, 2.05) is 0 Å². The molecule has 1 aliphatic heterocycles. The van der Waals surface area contributed by atoms with E-state index in [1.165, 1.54) is 12.1 Å². The molecule has 0 amide bonds. The van der Waals surface area contributed by atoms with Crippen molar-refractivity contribution in [3.63, 3.8) is 0 Å². The SMILES string of the molecule is CCC(CC)(C(N)c1cc(F)ccc1F)N1CCCC1. The Labute approximate surface area is 120 Å². The van der Waals surface area contributed by atoms with Crippen molar-refractivity contribution in [2.75, 3.05) is 13.1 Å². The summed E-state index contributed by atoms with van der Waals surface area (Å²) in [5.41, 5.74) is 6.40. The summed E-state index contributed by atoms with van der Waals surface area (Å²) in [5, 5.41) is 0. The predicted octanol–water partition coefficient (Wildman–Crippen LogP) is 3.62. The van der Waals surface area contributed by atoms with E-state index in [0.29, 0.717) is 5.56 Å². The molecule has 1 saturated heterocycles. The summed E-state index contributed by atoms with van der Waals surface area (Å²) in [6.07, 6.45) is 3.97. The van der Waals surface area contributed by atoms with Crippen molar-refractivity contribution in [1.29, 1.82) is 0 Å². The number of hydrogen-bond donors (Lipinski definition) is 1. The number of halogens is 2. The molecule has 2 nitrogen and oxygen atoms in total. The quantitative estimate of drug-likeness (QED) is 0.893. The number of nitrogens with zero attached hydrogens (tertiary/aromatic N) is 1. The summed E-state index contributed by atoms with van der Waals surface area (Å²) >= 11 is 0. The Kier molecular flexibility index (Phi) is 4.76. The van der Waals surface area contributed by atoms with Gasteiger partial charge in [0.05, 0.1) is 6.04 Å². The molecule has 1 fully saturated rings. The maximum Gasteiger partial charge on any atom is 0.128 e. The zero-order valence-corrected chi connectivity index (χ0v) is 12.3. The van der Waals surface area contributed by atoms with E-state index in [-0.39, 0.29) is 5.54 Å². The highest BCUT2D eigenvalue weighted by molar-refractivity contribution is 5.26. The third-order valence-electron chi connectivity index (χ3n) is 4.83. The van der Waals surface area contributed by atoms with Crippen molar-refractivity contribution in [2.45, 2.75) is 51.1 Å². The summed E-state index contributed by atoms with van der Waals surface area (Å²) in [6, 6.07) is 3.05. The Hall–Kier alpha value is -1.00. The van der Waals surface area contributed by atoms with Gasteiger partial charge in [-0.3, -0.25) is 4.90 Å². The van der Waals surface area contributed by atoms with Crippen LogP contribution in [0, 0.1) is 11.6 Å². The van der Waals surface area contributed by atoms with Crippen LogP contribution in [0.3, 0.4) is 0 Å². The summed E-state index contributed by atoms with van der Waals surface area (Å²) in [4.78, 5) is 2.36. The fraction of sp³-hybridized carbons (Fsp3) is 0.625. The molecular weight excluding hydrogens is 258 g/mol. The van der Waals surface area contributed by atoms with Crippen molar-refractivity contribution in [2.24, 2.45) is 5.73 Å². The first-order valence-electron chi connectivity index (χ1n) is 7.50. The molecule has 1 aromatic rings. The fourth-order valence-corrected chi connectivity index (χ4v) is 3.54. The summed E-state index contributed by atoms with van der Waals surface area (Å²) < 4.78 is 27.5. The van der Waals surface area contributed by atoms with Crippen molar-refractivity contribution < 1.29 is 8.78 Å². The zero-order chi connectivity index (χ0) is 14.8. The second-order valence-corrected chi connectivity index (χ2v) is 5.65. The van der Waals surface area contributed by atoms with Crippen LogP contribution in [0.1, 0.15) is 51.1 Å². The molecule has 20 heavy (non-hydrogen) atoms. The standard InChI is InChI=1S/C16H24F2N2/c1-3-16(4-2,20-9-5-6-10-20)15(19)13-11-12(17)7-8-14(13)18/h7-8,11,15H,3-6,9-10,19H2,1-2H3. The van der Waals surface area contributed by atoms with Gasteiger partial charge < -0.3 is 5.73 Å². The normalized spacial score (nSPS) is 18.4. The molecule has 1 atom stereocenters. The van der Waals surface area contributed by atoms with Gasteiger partial charge in [0.15, 0.2) is 0 Å². The smallest absolute Gasteiger partial charge is 0.128 e. The van der Waals surface area contributed by atoms with Gasteiger partial charge in [-0.25, -0.2) is 8.78 Å². The van der Waals surface area contributed by atoms with E-state index in [1.54, 1.807) is 0 Å². The average Bonchev–Trinajstić information content (AvgIpc) is 2.98. The fourth-order valence-electron chi connectivity index (χ4n) is 3.54. The molecule has 0 aliphatic carbocycles. The van der Waals surface area contributed by atoms with Crippen LogP contribution >= 0.6 is 0 Å². The van der Waals surface area contributed by atoms with Crippen molar-refractivity contribution in [3.05, 3.63) is 35.4 Å². The number of hydrogen-bond acceptors (Lipinski definition) is 2. The first-order valence-corrected chi connectivity index (χ1v) is 7.50. The van der Waals surface area contributed by atoms with E-state index in [0.717, 1.165) is 44.8 Å². The molecule has 0 bridgehead atoms. The monoisotopic (exact) mass is 282 g/mol. The lowest BCUT2D eigenvalue weighted by Gasteiger charge is -2.45. The highest BCUT2D eigenvalue weighted by Gasteiger charge is 2.41. The largest absolute Gasteiger partial charge is 0.322 e. The van der Waals surface area contributed by atoms with Crippen molar-refractivity contribution >= 4 is 0 Å². The Bertz CT molecular complexity index is 452. The molecular formula is C16H24F2N2. The molecule has 0 aromatic heterocycles. The minimum absolute atomic E-state index is 0.287. The molecule has 1 heterocycles. The minimum atomic E-state index is -0.508. The lowest BCUT2D eigenvalue weighted by Crippen LogP contribution is -2.54. The zero-order valence-electron chi connectivity index (χ0n) is 12.3. The molecule has 0 spiro atoms. The molecule has 2 rings (SSSR count). The third kappa shape index (κ3) is 2.59. The lowest BCUT2D eigenvalue weighted by atomic mass is 9.79. The second kappa shape index (κ2) is 6.19. The molecule has 2 N–H and O–H groups in total. The minimum Gasteiger partial charge on any atom is -0.322 e. The number of rotatable bonds is 5. The second-order valence-electron chi connectivity index (χ2n) is 5.65. The van der Waals surface area contributed by atoms with Crippen molar-refractivity contribution in [1.82, 2.24) is 4.90 Å². The van der Waals surface area contributed by atoms with Gasteiger partial charge in [0.1, 0.15) is 11.6 Å².